The highest BCUT2D eigenvalue weighted by atomic mass is 16.1. The van der Waals surface area contributed by atoms with Crippen molar-refractivity contribution in [2.75, 3.05) is 27.2 Å². The molecule has 0 unspecified atom stereocenters. The van der Waals surface area contributed by atoms with Crippen molar-refractivity contribution in [1.29, 1.82) is 0 Å². The number of nitrogens with two attached hydrogens (primary N) is 1. The summed E-state index contributed by atoms with van der Waals surface area (Å²) in [4.78, 5) is 39.8. The smallest absolute Gasteiger partial charge is 0.309 e. The lowest BCUT2D eigenvalue weighted by molar-refractivity contribution is -0.555. The van der Waals surface area contributed by atoms with Crippen LogP contribution in [0.5, 0.6) is 0 Å². The summed E-state index contributed by atoms with van der Waals surface area (Å²) >= 11 is 0. The van der Waals surface area contributed by atoms with Crippen LogP contribution in [0, 0.1) is 0 Å². The number of aromatic nitrogens is 5. The lowest BCUT2D eigenvalue weighted by Gasteiger charge is -2.09. The van der Waals surface area contributed by atoms with Gasteiger partial charge in [0.1, 0.15) is 5.56 Å². The molecule has 0 fully saturated rings. The van der Waals surface area contributed by atoms with Gasteiger partial charge in [0.25, 0.3) is 5.56 Å². The number of carbonyl (C=O) groups excluding carboxylic acids is 1. The zero-order valence-corrected chi connectivity index (χ0v) is 20.5. The first-order valence-corrected chi connectivity index (χ1v) is 11.9. The van der Waals surface area contributed by atoms with E-state index in [9.17, 15) is 9.59 Å². The molecule has 1 aromatic carbocycles. The molecule has 0 aliphatic rings. The average Bonchev–Trinajstić information content (AvgIpc) is 2.90. The number of hydrogen-bond acceptors (Lipinski definition) is 7. The van der Waals surface area contributed by atoms with E-state index in [4.69, 9.17) is 0 Å². The second-order valence-corrected chi connectivity index (χ2v) is 8.81. The summed E-state index contributed by atoms with van der Waals surface area (Å²) in [6.45, 7) is 2.07. The number of hydrogen-bond donors (Lipinski definition) is 1. The number of unbranched alkanes of at least 4 members (excludes halogenated alkanes) is 1. The standard InChI is InChI=1S/C27H29N7O2/c1-33(2)15-4-3-12-29-27(36)23-17-30-26(31-18-23)22-7-5-6-20(16-22)19-34-25(35)9-8-24(32-34)21-10-13-28-14-11-21/h5-11,13-14,16-18H,3-4,12,15,19H2,1-2H3,(H,29,36)/p+1. The van der Waals surface area contributed by atoms with E-state index in [-0.39, 0.29) is 11.5 Å². The van der Waals surface area contributed by atoms with Crippen LogP contribution in [-0.4, -0.2) is 62.7 Å². The number of benzene rings is 1. The molecule has 0 aliphatic carbocycles. The van der Waals surface area contributed by atoms with Gasteiger partial charge in [0, 0.05) is 42.0 Å². The van der Waals surface area contributed by atoms with E-state index in [1.54, 1.807) is 36.2 Å². The summed E-state index contributed by atoms with van der Waals surface area (Å²) < 4.78 is 1.44. The zero-order chi connectivity index (χ0) is 25.3. The molecule has 9 nitrogen and oxygen atoms in total. The molecule has 3 heterocycles. The molecule has 9 heteroatoms. The van der Waals surface area contributed by atoms with Crippen LogP contribution in [0.3, 0.4) is 0 Å². The summed E-state index contributed by atoms with van der Waals surface area (Å²) in [6.07, 6.45) is 8.55. The van der Waals surface area contributed by atoms with Crippen LogP contribution in [0.25, 0.3) is 22.6 Å². The minimum atomic E-state index is -0.185. The second kappa shape index (κ2) is 12.1. The SMILES string of the molecule is CN(C)CCCC[NH2+]C(=O)c1cnc(-c2cccc(Cn3nc(-c4ccncc4)ccc3=O)c2)nc1. The molecule has 36 heavy (non-hydrogen) atoms. The van der Waals surface area contributed by atoms with E-state index >= 15 is 0 Å². The van der Waals surface area contributed by atoms with Gasteiger partial charge in [-0.1, -0.05) is 18.2 Å². The predicted octanol–water partition coefficient (Wildman–Crippen LogP) is 1.86. The number of pyridine rings is 1. The molecule has 3 aromatic heterocycles. The molecule has 0 bridgehead atoms. The number of quaternary nitrogens is 1. The fraction of sp³-hybridized carbons (Fsp3) is 0.259. The van der Waals surface area contributed by atoms with Crippen molar-refractivity contribution in [1.82, 2.24) is 29.6 Å². The Labute approximate surface area is 209 Å². The van der Waals surface area contributed by atoms with Crippen molar-refractivity contribution >= 4 is 5.91 Å². The maximum Gasteiger partial charge on any atom is 0.345 e. The van der Waals surface area contributed by atoms with Crippen LogP contribution in [0.4, 0.5) is 0 Å². The van der Waals surface area contributed by atoms with Gasteiger partial charge in [-0.2, -0.15) is 5.10 Å². The Balaban J connectivity index is 1.42. The van der Waals surface area contributed by atoms with E-state index in [1.807, 2.05) is 50.5 Å². The summed E-state index contributed by atoms with van der Waals surface area (Å²) in [6, 6.07) is 14.6. The molecule has 0 atom stereocenters. The first-order valence-electron chi connectivity index (χ1n) is 11.9. The van der Waals surface area contributed by atoms with Crippen LogP contribution >= 0.6 is 0 Å². The molecule has 0 spiro atoms. The summed E-state index contributed by atoms with van der Waals surface area (Å²) in [5.74, 6) is 0.463. The highest BCUT2D eigenvalue weighted by Gasteiger charge is 2.12. The fourth-order valence-corrected chi connectivity index (χ4v) is 3.75. The summed E-state index contributed by atoms with van der Waals surface area (Å²) in [5, 5.41) is 6.23. The van der Waals surface area contributed by atoms with Crippen LogP contribution in [0.1, 0.15) is 28.8 Å². The maximum absolute atomic E-state index is 12.4. The van der Waals surface area contributed by atoms with Gasteiger partial charge < -0.3 is 4.90 Å². The van der Waals surface area contributed by atoms with E-state index in [0.717, 1.165) is 42.6 Å². The van der Waals surface area contributed by atoms with Gasteiger partial charge in [0.05, 0.1) is 18.8 Å². The first-order chi connectivity index (χ1) is 17.5. The molecule has 0 aliphatic heterocycles. The lowest BCUT2D eigenvalue weighted by Crippen LogP contribution is -2.88. The first kappa shape index (κ1) is 25.0. The minimum Gasteiger partial charge on any atom is -0.309 e. The Bertz CT molecular complexity index is 1350. The predicted molar refractivity (Wildman–Crippen MR) is 137 cm³/mol. The molecular weight excluding hydrogens is 454 g/mol. The fourth-order valence-electron chi connectivity index (χ4n) is 3.75. The van der Waals surface area contributed by atoms with Gasteiger partial charge in [-0.3, -0.25) is 15.1 Å². The Hall–Kier alpha value is -4.08. The highest BCUT2D eigenvalue weighted by Crippen LogP contribution is 2.17. The molecule has 4 aromatic rings. The van der Waals surface area contributed by atoms with E-state index in [1.165, 1.54) is 10.7 Å². The Morgan fingerprint density at radius 2 is 1.75 bits per heavy atom. The number of rotatable bonds is 10. The molecular formula is C27H30N7O2+. The third kappa shape index (κ3) is 6.74. The Kier molecular flexibility index (Phi) is 8.38. The summed E-state index contributed by atoms with van der Waals surface area (Å²) in [5.41, 5.74) is 3.58. The van der Waals surface area contributed by atoms with E-state index < -0.39 is 0 Å². The monoisotopic (exact) mass is 484 g/mol. The Morgan fingerprint density at radius 1 is 0.972 bits per heavy atom. The van der Waals surface area contributed by atoms with Crippen molar-refractivity contribution in [2.45, 2.75) is 19.4 Å². The molecule has 2 N–H and O–H groups in total. The maximum atomic E-state index is 12.4. The van der Waals surface area contributed by atoms with E-state index in [2.05, 4.69) is 25.0 Å². The van der Waals surface area contributed by atoms with Gasteiger partial charge >= 0.3 is 5.91 Å². The lowest BCUT2D eigenvalue weighted by atomic mass is 10.1. The molecule has 0 saturated carbocycles. The van der Waals surface area contributed by atoms with Crippen LogP contribution in [0.15, 0.2) is 78.1 Å². The highest BCUT2D eigenvalue weighted by molar-refractivity contribution is 5.85. The molecule has 4 rings (SSSR count). The topological polar surface area (TPSA) is 110 Å². The minimum absolute atomic E-state index is 0.0558. The number of carbonyl (C=O) groups is 1. The van der Waals surface area contributed by atoms with Gasteiger partial charge in [-0.15, -0.1) is 0 Å². The summed E-state index contributed by atoms with van der Waals surface area (Å²) in [7, 11) is 4.09. The molecule has 0 saturated heterocycles. The normalized spacial score (nSPS) is 11.1. The molecule has 0 radical (unpaired) electrons. The number of primary amides is 1. The number of amides is 1. The van der Waals surface area contributed by atoms with Crippen molar-refractivity contribution in [3.05, 3.63) is 94.8 Å². The van der Waals surface area contributed by atoms with Crippen molar-refractivity contribution in [2.24, 2.45) is 0 Å². The quantitative estimate of drug-likeness (QED) is 0.342. The van der Waals surface area contributed by atoms with Crippen LogP contribution in [0.2, 0.25) is 0 Å². The molecule has 1 amide bonds. The molecule has 184 valence electrons. The van der Waals surface area contributed by atoms with Gasteiger partial charge in [0.2, 0.25) is 0 Å². The second-order valence-electron chi connectivity index (χ2n) is 8.81. The third-order valence-electron chi connectivity index (χ3n) is 5.69. The van der Waals surface area contributed by atoms with Gasteiger partial charge in [-0.05, 0) is 63.3 Å². The van der Waals surface area contributed by atoms with Crippen molar-refractivity contribution < 1.29 is 10.1 Å². The largest absolute Gasteiger partial charge is 0.345 e. The average molecular weight is 485 g/mol. The Morgan fingerprint density at radius 3 is 2.50 bits per heavy atom. The van der Waals surface area contributed by atoms with Crippen LogP contribution < -0.4 is 10.9 Å². The number of nitrogens with zero attached hydrogens (tertiary/aromatic N) is 6. The van der Waals surface area contributed by atoms with Gasteiger partial charge in [0.15, 0.2) is 5.82 Å². The van der Waals surface area contributed by atoms with Gasteiger partial charge in [-0.25, -0.2) is 19.4 Å². The zero-order valence-electron chi connectivity index (χ0n) is 20.5. The van der Waals surface area contributed by atoms with Crippen molar-refractivity contribution in [3.63, 3.8) is 0 Å². The van der Waals surface area contributed by atoms with Crippen LogP contribution in [-0.2, 0) is 6.54 Å². The van der Waals surface area contributed by atoms with E-state index in [0.29, 0.717) is 23.6 Å². The third-order valence-corrected chi connectivity index (χ3v) is 5.69. The van der Waals surface area contributed by atoms with Crippen molar-refractivity contribution in [3.8, 4) is 22.6 Å².